The Hall–Kier alpha value is -1.85. The zero-order chi connectivity index (χ0) is 13.8. The standard InChI is InChI=1S/C13H20N4O2/c1-16(10-6-4-2-3-5-7-10)12-9-8-11(17(18)19)13(14)15-12/h8-10H,2-7H2,1H3,(H2,14,15). The van der Waals surface area contributed by atoms with Crippen molar-refractivity contribution in [2.24, 2.45) is 0 Å². The second kappa shape index (κ2) is 5.86. The summed E-state index contributed by atoms with van der Waals surface area (Å²) >= 11 is 0. The molecule has 1 aromatic heterocycles. The molecule has 1 saturated carbocycles. The van der Waals surface area contributed by atoms with E-state index in [9.17, 15) is 10.1 Å². The largest absolute Gasteiger partial charge is 0.378 e. The molecule has 0 unspecified atom stereocenters. The number of nitro groups is 1. The minimum absolute atomic E-state index is 0.0111. The van der Waals surface area contributed by atoms with E-state index in [-0.39, 0.29) is 11.5 Å². The molecular formula is C13H20N4O2. The lowest BCUT2D eigenvalue weighted by Gasteiger charge is -2.28. The van der Waals surface area contributed by atoms with E-state index in [0.29, 0.717) is 6.04 Å². The number of pyridine rings is 1. The monoisotopic (exact) mass is 264 g/mol. The molecule has 1 fully saturated rings. The molecule has 19 heavy (non-hydrogen) atoms. The van der Waals surface area contributed by atoms with Gasteiger partial charge in [-0.05, 0) is 18.9 Å². The molecule has 0 amide bonds. The summed E-state index contributed by atoms with van der Waals surface area (Å²) in [6, 6.07) is 3.57. The van der Waals surface area contributed by atoms with Gasteiger partial charge >= 0.3 is 5.69 Å². The van der Waals surface area contributed by atoms with E-state index in [0.717, 1.165) is 18.7 Å². The number of hydrogen-bond acceptors (Lipinski definition) is 5. The molecule has 6 nitrogen and oxygen atoms in total. The second-order valence-electron chi connectivity index (χ2n) is 5.09. The zero-order valence-electron chi connectivity index (χ0n) is 11.2. The normalized spacial score (nSPS) is 16.9. The molecule has 1 aromatic rings. The van der Waals surface area contributed by atoms with Gasteiger partial charge in [-0.3, -0.25) is 10.1 Å². The number of rotatable bonds is 3. The SMILES string of the molecule is CN(c1ccc([N+](=O)[O-])c(N)n1)C1CCCCCC1. The van der Waals surface area contributed by atoms with Crippen LogP contribution in [0.2, 0.25) is 0 Å². The van der Waals surface area contributed by atoms with Gasteiger partial charge in [0.25, 0.3) is 0 Å². The van der Waals surface area contributed by atoms with Crippen molar-refractivity contribution in [2.45, 2.75) is 44.6 Å². The number of aromatic nitrogens is 1. The molecule has 1 aliphatic carbocycles. The molecule has 0 radical (unpaired) electrons. The number of nitrogens with two attached hydrogens (primary N) is 1. The summed E-state index contributed by atoms with van der Waals surface area (Å²) in [5.74, 6) is 0.706. The summed E-state index contributed by atoms with van der Waals surface area (Å²) < 4.78 is 0. The van der Waals surface area contributed by atoms with Gasteiger partial charge in [0.05, 0.1) is 4.92 Å². The van der Waals surface area contributed by atoms with Crippen molar-refractivity contribution >= 4 is 17.3 Å². The van der Waals surface area contributed by atoms with Crippen molar-refractivity contribution in [1.29, 1.82) is 0 Å². The van der Waals surface area contributed by atoms with Crippen molar-refractivity contribution in [3.05, 3.63) is 22.2 Å². The highest BCUT2D eigenvalue weighted by atomic mass is 16.6. The van der Waals surface area contributed by atoms with Gasteiger partial charge in [0.1, 0.15) is 5.82 Å². The summed E-state index contributed by atoms with van der Waals surface area (Å²) in [7, 11) is 1.99. The maximum absolute atomic E-state index is 10.7. The van der Waals surface area contributed by atoms with Gasteiger partial charge in [-0.25, -0.2) is 4.98 Å². The molecule has 0 atom stereocenters. The Balaban J connectivity index is 2.16. The first kappa shape index (κ1) is 13.6. The molecule has 2 rings (SSSR count). The first-order valence-corrected chi connectivity index (χ1v) is 6.73. The van der Waals surface area contributed by atoms with Crippen LogP contribution in [0, 0.1) is 10.1 Å². The predicted molar refractivity (Wildman–Crippen MR) is 75.2 cm³/mol. The molecule has 0 bridgehead atoms. The van der Waals surface area contributed by atoms with Crippen molar-refractivity contribution in [3.63, 3.8) is 0 Å². The fourth-order valence-electron chi connectivity index (χ4n) is 2.64. The molecule has 0 aliphatic heterocycles. The van der Waals surface area contributed by atoms with Gasteiger partial charge in [0.15, 0.2) is 0 Å². The topological polar surface area (TPSA) is 85.3 Å². The lowest BCUT2D eigenvalue weighted by Crippen LogP contribution is -2.31. The third-order valence-corrected chi connectivity index (χ3v) is 3.82. The van der Waals surface area contributed by atoms with Crippen molar-refractivity contribution in [3.8, 4) is 0 Å². The van der Waals surface area contributed by atoms with E-state index in [1.165, 1.54) is 31.7 Å². The molecule has 1 aliphatic rings. The Morgan fingerprint density at radius 2 is 1.95 bits per heavy atom. The van der Waals surface area contributed by atoms with Crippen LogP contribution in [0.1, 0.15) is 38.5 Å². The lowest BCUT2D eigenvalue weighted by atomic mass is 10.1. The van der Waals surface area contributed by atoms with Crippen LogP contribution in [0.4, 0.5) is 17.3 Å². The smallest absolute Gasteiger partial charge is 0.311 e. The van der Waals surface area contributed by atoms with Crippen molar-refractivity contribution in [2.75, 3.05) is 17.7 Å². The van der Waals surface area contributed by atoms with Crippen LogP contribution >= 0.6 is 0 Å². The lowest BCUT2D eigenvalue weighted by molar-refractivity contribution is -0.384. The van der Waals surface area contributed by atoms with E-state index in [1.807, 2.05) is 7.05 Å². The van der Waals surface area contributed by atoms with Gasteiger partial charge in [-0.15, -0.1) is 0 Å². The van der Waals surface area contributed by atoms with E-state index in [4.69, 9.17) is 5.73 Å². The van der Waals surface area contributed by atoms with Gasteiger partial charge in [0, 0.05) is 19.2 Å². The van der Waals surface area contributed by atoms with Gasteiger partial charge in [0.2, 0.25) is 5.82 Å². The molecule has 104 valence electrons. The highest BCUT2D eigenvalue weighted by Crippen LogP contribution is 2.27. The molecule has 6 heteroatoms. The van der Waals surface area contributed by atoms with Crippen LogP contribution in [0.25, 0.3) is 0 Å². The minimum atomic E-state index is -0.502. The van der Waals surface area contributed by atoms with E-state index >= 15 is 0 Å². The van der Waals surface area contributed by atoms with Crippen LogP contribution in [-0.4, -0.2) is 23.0 Å². The fraction of sp³-hybridized carbons (Fsp3) is 0.615. The van der Waals surface area contributed by atoms with Crippen molar-refractivity contribution in [1.82, 2.24) is 4.98 Å². The molecule has 1 heterocycles. The molecular weight excluding hydrogens is 244 g/mol. The molecule has 0 aromatic carbocycles. The van der Waals surface area contributed by atoms with Crippen LogP contribution in [0.3, 0.4) is 0 Å². The number of anilines is 2. The number of nitrogens with zero attached hydrogens (tertiary/aromatic N) is 3. The van der Waals surface area contributed by atoms with Crippen LogP contribution in [0.5, 0.6) is 0 Å². The second-order valence-corrected chi connectivity index (χ2v) is 5.09. The van der Waals surface area contributed by atoms with E-state index < -0.39 is 4.92 Å². The van der Waals surface area contributed by atoms with Crippen LogP contribution < -0.4 is 10.6 Å². The summed E-state index contributed by atoms with van der Waals surface area (Å²) in [6.45, 7) is 0. The Labute approximate surface area is 112 Å². The maximum atomic E-state index is 10.7. The average molecular weight is 264 g/mol. The van der Waals surface area contributed by atoms with Gasteiger partial charge in [-0.2, -0.15) is 0 Å². The Kier molecular flexibility index (Phi) is 4.19. The highest BCUT2D eigenvalue weighted by molar-refractivity contribution is 5.58. The summed E-state index contributed by atoms with van der Waals surface area (Å²) in [5, 5.41) is 10.7. The minimum Gasteiger partial charge on any atom is -0.378 e. The molecule has 2 N–H and O–H groups in total. The Morgan fingerprint density at radius 1 is 1.32 bits per heavy atom. The van der Waals surface area contributed by atoms with Gasteiger partial charge < -0.3 is 10.6 Å². The molecule has 0 saturated heterocycles. The first-order valence-electron chi connectivity index (χ1n) is 6.73. The summed E-state index contributed by atoms with van der Waals surface area (Å²) in [5.41, 5.74) is 5.51. The van der Waals surface area contributed by atoms with Crippen LogP contribution in [-0.2, 0) is 0 Å². The maximum Gasteiger partial charge on any atom is 0.311 e. The van der Waals surface area contributed by atoms with E-state index in [2.05, 4.69) is 9.88 Å². The average Bonchev–Trinajstić information content (AvgIpc) is 2.66. The van der Waals surface area contributed by atoms with Crippen LogP contribution in [0.15, 0.2) is 12.1 Å². The third kappa shape index (κ3) is 3.13. The fourth-order valence-corrected chi connectivity index (χ4v) is 2.64. The van der Waals surface area contributed by atoms with Crippen molar-refractivity contribution < 1.29 is 4.92 Å². The zero-order valence-corrected chi connectivity index (χ0v) is 11.2. The van der Waals surface area contributed by atoms with Gasteiger partial charge in [-0.1, -0.05) is 25.7 Å². The predicted octanol–water partition coefficient (Wildman–Crippen LogP) is 2.73. The highest BCUT2D eigenvalue weighted by Gasteiger charge is 2.20. The number of nitrogen functional groups attached to an aromatic ring is 1. The molecule has 0 spiro atoms. The summed E-state index contributed by atoms with van der Waals surface area (Å²) in [4.78, 5) is 16.5. The quantitative estimate of drug-likeness (QED) is 0.515. The Bertz CT molecular complexity index is 456. The van der Waals surface area contributed by atoms with E-state index in [1.54, 1.807) is 6.07 Å². The first-order chi connectivity index (χ1) is 9.09. The summed E-state index contributed by atoms with van der Waals surface area (Å²) in [6.07, 6.45) is 7.35. The number of hydrogen-bond donors (Lipinski definition) is 1. The Morgan fingerprint density at radius 3 is 2.47 bits per heavy atom. The third-order valence-electron chi connectivity index (χ3n) is 3.82.